The van der Waals surface area contributed by atoms with E-state index >= 15 is 0 Å². The third kappa shape index (κ3) is 5.40. The SMILES string of the molecule is c1ccc(-c2cc(-c3ccc(-c4ccc(-c5cccc6c5sc5ccccc56)c5c4oc4ccccc45)cc3)nc(-c3ccccc3-c3ccncc3)n2)cc1. The van der Waals surface area contributed by atoms with Gasteiger partial charge in [0.15, 0.2) is 5.82 Å². The van der Waals surface area contributed by atoms with Crippen LogP contribution in [-0.4, -0.2) is 15.0 Å². The van der Waals surface area contributed by atoms with Gasteiger partial charge in [0.05, 0.1) is 11.4 Å². The van der Waals surface area contributed by atoms with Gasteiger partial charge in [-0.2, -0.15) is 0 Å². The van der Waals surface area contributed by atoms with Gasteiger partial charge in [-0.1, -0.05) is 140 Å². The maximum atomic E-state index is 6.74. The molecule has 0 atom stereocenters. The average molecular weight is 734 g/mol. The number of benzene rings is 7. The summed E-state index contributed by atoms with van der Waals surface area (Å²) in [6.07, 6.45) is 3.64. The van der Waals surface area contributed by atoms with Crippen molar-refractivity contribution in [2.75, 3.05) is 0 Å². The number of rotatable bonds is 6. The van der Waals surface area contributed by atoms with E-state index in [9.17, 15) is 0 Å². The van der Waals surface area contributed by atoms with Crippen LogP contribution in [0.15, 0.2) is 193 Å². The monoisotopic (exact) mass is 733 g/mol. The highest BCUT2D eigenvalue weighted by atomic mass is 32.1. The predicted molar refractivity (Wildman–Crippen MR) is 233 cm³/mol. The van der Waals surface area contributed by atoms with Crippen molar-refractivity contribution in [1.29, 1.82) is 0 Å². The minimum absolute atomic E-state index is 0.672. The molecule has 0 unspecified atom stereocenters. The molecule has 262 valence electrons. The second-order valence-corrected chi connectivity index (χ2v) is 15.0. The fourth-order valence-electron chi connectivity index (χ4n) is 7.99. The fraction of sp³-hybridized carbons (Fsp3) is 0. The minimum atomic E-state index is 0.672. The van der Waals surface area contributed by atoms with Crippen LogP contribution in [0, 0.1) is 0 Å². The van der Waals surface area contributed by atoms with Crippen molar-refractivity contribution in [3.63, 3.8) is 0 Å². The highest BCUT2D eigenvalue weighted by Gasteiger charge is 2.20. The Morgan fingerprint density at radius 1 is 0.411 bits per heavy atom. The van der Waals surface area contributed by atoms with Crippen LogP contribution >= 0.6 is 11.3 Å². The molecule has 4 heterocycles. The van der Waals surface area contributed by atoms with E-state index in [4.69, 9.17) is 14.4 Å². The van der Waals surface area contributed by atoms with Crippen LogP contribution in [0.1, 0.15) is 0 Å². The first kappa shape index (κ1) is 32.2. The lowest BCUT2D eigenvalue weighted by atomic mass is 9.93. The minimum Gasteiger partial charge on any atom is -0.455 e. The zero-order valence-corrected chi connectivity index (χ0v) is 30.9. The topological polar surface area (TPSA) is 51.8 Å². The van der Waals surface area contributed by atoms with Crippen LogP contribution in [-0.2, 0) is 0 Å². The number of hydrogen-bond acceptors (Lipinski definition) is 5. The number of fused-ring (bicyclic) bond motifs is 6. The highest BCUT2D eigenvalue weighted by Crippen LogP contribution is 2.46. The molecule has 0 bridgehead atoms. The van der Waals surface area contributed by atoms with E-state index in [1.165, 1.54) is 31.3 Å². The van der Waals surface area contributed by atoms with Gasteiger partial charge in [-0.25, -0.2) is 9.97 Å². The Balaban J connectivity index is 1.05. The number of nitrogens with zero attached hydrogens (tertiary/aromatic N) is 3. The van der Waals surface area contributed by atoms with E-state index in [1.807, 2.05) is 66.2 Å². The first-order valence-corrected chi connectivity index (χ1v) is 19.5. The summed E-state index contributed by atoms with van der Waals surface area (Å²) < 4.78 is 9.33. The second kappa shape index (κ2) is 13.3. The Bertz CT molecular complexity index is 3240. The summed E-state index contributed by atoms with van der Waals surface area (Å²) in [6, 6.07) is 61.6. The van der Waals surface area contributed by atoms with Crippen LogP contribution < -0.4 is 0 Å². The summed E-state index contributed by atoms with van der Waals surface area (Å²) in [7, 11) is 0. The molecule has 4 nitrogen and oxygen atoms in total. The summed E-state index contributed by atoms with van der Waals surface area (Å²) in [4.78, 5) is 14.6. The van der Waals surface area contributed by atoms with Crippen LogP contribution in [0.3, 0.4) is 0 Å². The van der Waals surface area contributed by atoms with Crippen LogP contribution in [0.2, 0.25) is 0 Å². The van der Waals surface area contributed by atoms with Gasteiger partial charge in [-0.3, -0.25) is 4.98 Å². The first-order valence-electron chi connectivity index (χ1n) is 18.7. The van der Waals surface area contributed by atoms with Crippen LogP contribution in [0.25, 0.3) is 109 Å². The number of pyridine rings is 1. The highest BCUT2D eigenvalue weighted by molar-refractivity contribution is 7.26. The number of hydrogen-bond donors (Lipinski definition) is 0. The third-order valence-electron chi connectivity index (χ3n) is 10.7. The molecule has 11 aromatic rings. The quantitative estimate of drug-likeness (QED) is 0.171. The van der Waals surface area contributed by atoms with Crippen molar-refractivity contribution >= 4 is 53.4 Å². The van der Waals surface area contributed by atoms with E-state index in [-0.39, 0.29) is 0 Å². The van der Waals surface area contributed by atoms with Crippen LogP contribution in [0.5, 0.6) is 0 Å². The third-order valence-corrected chi connectivity index (χ3v) is 11.9. The molecule has 5 heteroatoms. The summed E-state index contributed by atoms with van der Waals surface area (Å²) in [5.74, 6) is 0.672. The van der Waals surface area contributed by atoms with Crippen molar-refractivity contribution in [2.24, 2.45) is 0 Å². The molecule has 0 saturated heterocycles. The lowest BCUT2D eigenvalue weighted by Gasteiger charge is -2.13. The van der Waals surface area contributed by atoms with Crippen molar-refractivity contribution in [1.82, 2.24) is 15.0 Å². The molecule has 0 amide bonds. The largest absolute Gasteiger partial charge is 0.455 e. The molecule has 0 aliphatic carbocycles. The number of aromatic nitrogens is 3. The molecule has 7 aromatic carbocycles. The molecule has 0 N–H and O–H groups in total. The van der Waals surface area contributed by atoms with Gasteiger partial charge in [0.2, 0.25) is 0 Å². The lowest BCUT2D eigenvalue weighted by molar-refractivity contribution is 0.670. The molecule has 0 fully saturated rings. The average Bonchev–Trinajstić information content (AvgIpc) is 3.86. The molecule has 0 radical (unpaired) electrons. The lowest BCUT2D eigenvalue weighted by Crippen LogP contribution is -1.97. The summed E-state index contributed by atoms with van der Waals surface area (Å²) in [6.45, 7) is 0. The molecule has 0 saturated carbocycles. The Hall–Kier alpha value is -7.21. The van der Waals surface area contributed by atoms with Gasteiger partial charge in [0.1, 0.15) is 11.2 Å². The molecule has 11 rings (SSSR count). The Labute approximate surface area is 327 Å². The van der Waals surface area contributed by atoms with Gasteiger partial charge in [-0.05, 0) is 58.7 Å². The number of furan rings is 1. The molecule has 56 heavy (non-hydrogen) atoms. The predicted octanol–water partition coefficient (Wildman–Crippen LogP) is 14.1. The van der Waals surface area contributed by atoms with Crippen molar-refractivity contribution in [2.45, 2.75) is 0 Å². The zero-order chi connectivity index (χ0) is 37.0. The molecular weight excluding hydrogens is 703 g/mol. The van der Waals surface area contributed by atoms with E-state index in [0.29, 0.717) is 5.82 Å². The first-order chi connectivity index (χ1) is 27.8. The van der Waals surface area contributed by atoms with E-state index in [0.717, 1.165) is 72.3 Å². The summed E-state index contributed by atoms with van der Waals surface area (Å²) in [5.41, 5.74) is 13.1. The fourth-order valence-corrected chi connectivity index (χ4v) is 9.22. The molecule has 0 aliphatic rings. The standard InChI is InChI=1S/C51H31N3OS/c1-2-11-34(12-3-1)44-31-45(54-51(53-44)42-15-5-4-13-36(42)33-27-29-52-30-28-33)35-23-21-32(22-24-35)37-25-26-39(48-43-16-6-8-19-46(43)55-49(37)48)41-18-10-17-40-38-14-7-9-20-47(38)56-50(40)41/h1-31H. The van der Waals surface area contributed by atoms with Gasteiger partial charge >= 0.3 is 0 Å². The molecule has 0 spiro atoms. The smallest absolute Gasteiger partial charge is 0.161 e. The maximum absolute atomic E-state index is 6.74. The van der Waals surface area contributed by atoms with Gasteiger partial charge in [-0.15, -0.1) is 11.3 Å². The maximum Gasteiger partial charge on any atom is 0.161 e. The molecule has 4 aromatic heterocycles. The Morgan fingerprint density at radius 2 is 1.02 bits per heavy atom. The summed E-state index contributed by atoms with van der Waals surface area (Å²) in [5, 5.41) is 4.83. The number of para-hydroxylation sites is 1. The van der Waals surface area contributed by atoms with Gasteiger partial charge in [0, 0.05) is 71.2 Å². The van der Waals surface area contributed by atoms with E-state index in [1.54, 1.807) is 0 Å². The normalized spacial score (nSPS) is 11.6. The van der Waals surface area contributed by atoms with Crippen molar-refractivity contribution in [3.8, 4) is 67.3 Å². The van der Waals surface area contributed by atoms with Crippen LogP contribution in [0.4, 0.5) is 0 Å². The van der Waals surface area contributed by atoms with E-state index in [2.05, 4.69) is 138 Å². The van der Waals surface area contributed by atoms with Gasteiger partial charge < -0.3 is 4.42 Å². The molecular formula is C51H31N3OS. The Morgan fingerprint density at radius 3 is 1.84 bits per heavy atom. The zero-order valence-electron chi connectivity index (χ0n) is 30.1. The molecule has 0 aliphatic heterocycles. The van der Waals surface area contributed by atoms with Gasteiger partial charge in [0.25, 0.3) is 0 Å². The van der Waals surface area contributed by atoms with E-state index < -0.39 is 0 Å². The second-order valence-electron chi connectivity index (χ2n) is 13.9. The summed E-state index contributed by atoms with van der Waals surface area (Å²) >= 11 is 1.85. The number of thiophene rings is 1. The van der Waals surface area contributed by atoms with Crippen molar-refractivity contribution in [3.05, 3.63) is 188 Å². The van der Waals surface area contributed by atoms with Crippen molar-refractivity contribution < 1.29 is 4.42 Å². The Kier molecular flexibility index (Phi) is 7.64.